The van der Waals surface area contributed by atoms with Gasteiger partial charge in [0.25, 0.3) is 0 Å². The van der Waals surface area contributed by atoms with Gasteiger partial charge < -0.3 is 19.9 Å². The molecule has 1 N–H and O–H groups in total. The Bertz CT molecular complexity index is 724. The molecule has 0 aromatic carbocycles. The fourth-order valence-electron chi connectivity index (χ4n) is 3.66. The summed E-state index contributed by atoms with van der Waals surface area (Å²) in [4.78, 5) is 25.0. The summed E-state index contributed by atoms with van der Waals surface area (Å²) in [5.74, 6) is -2.41. The van der Waals surface area contributed by atoms with Crippen molar-refractivity contribution in [2.75, 3.05) is 0 Å². The summed E-state index contributed by atoms with van der Waals surface area (Å²) < 4.78 is 1.95. The van der Waals surface area contributed by atoms with Crippen molar-refractivity contribution in [3.63, 3.8) is 0 Å². The summed E-state index contributed by atoms with van der Waals surface area (Å²) in [6.45, 7) is 4.03. The number of carbonyl (C=O) groups excluding carboxylic acids is 2. The first-order chi connectivity index (χ1) is 11.4. The maximum atomic E-state index is 12.2. The maximum Gasteiger partial charge on any atom is 0.235 e. The Balaban J connectivity index is 1.86. The van der Waals surface area contributed by atoms with E-state index < -0.39 is 18.0 Å². The predicted octanol–water partition coefficient (Wildman–Crippen LogP) is -0.608. The number of aromatic nitrogens is 1. The Kier molecular flexibility index (Phi) is 4.24. The van der Waals surface area contributed by atoms with Crippen LogP contribution < -0.4 is 9.67 Å². The molecule has 126 valence electrons. The number of β-lactam (4-membered cyclic amide) rings is 1. The first kappa shape index (κ1) is 16.4. The number of fused-ring (bicyclic) bond motifs is 1. The quantitative estimate of drug-likeness (QED) is 0.577. The van der Waals surface area contributed by atoms with Crippen molar-refractivity contribution < 1.29 is 24.4 Å². The number of aliphatic hydroxyl groups excluding tert-OH is 1. The van der Waals surface area contributed by atoms with Crippen molar-refractivity contribution in [3.05, 3.63) is 54.0 Å². The van der Waals surface area contributed by atoms with Crippen LogP contribution >= 0.6 is 0 Å². The molecule has 4 atom stereocenters. The molecule has 3 rings (SSSR count). The summed E-state index contributed by atoms with van der Waals surface area (Å²) in [6, 6.07) is 5.43. The summed E-state index contributed by atoms with van der Waals surface area (Å²) >= 11 is 0. The van der Waals surface area contributed by atoms with Crippen LogP contribution in [-0.4, -0.2) is 34.0 Å². The minimum absolute atomic E-state index is 0.0660. The van der Waals surface area contributed by atoms with Crippen LogP contribution in [-0.2, 0) is 16.1 Å². The fraction of sp³-hybridized carbons (Fsp3) is 0.389. The van der Waals surface area contributed by atoms with Gasteiger partial charge in [-0.25, -0.2) is 4.57 Å². The van der Waals surface area contributed by atoms with E-state index in [-0.39, 0.29) is 23.6 Å². The summed E-state index contributed by atoms with van der Waals surface area (Å²) in [5, 5.41) is 21.3. The third-order valence-electron chi connectivity index (χ3n) is 4.81. The number of aliphatic carboxylic acids is 1. The molecule has 1 aromatic rings. The monoisotopic (exact) mass is 328 g/mol. The van der Waals surface area contributed by atoms with Gasteiger partial charge in [-0.05, 0) is 18.6 Å². The summed E-state index contributed by atoms with van der Waals surface area (Å²) in [7, 11) is 0. The summed E-state index contributed by atoms with van der Waals surface area (Å²) in [6.07, 6.45) is 6.64. The molecule has 0 spiro atoms. The van der Waals surface area contributed by atoms with Gasteiger partial charge in [-0.3, -0.25) is 4.79 Å². The Labute approximate surface area is 140 Å². The number of rotatable bonds is 5. The molecule has 6 heteroatoms. The second-order valence-corrected chi connectivity index (χ2v) is 6.32. The standard InChI is InChI=1S/C18H20N2O4/c1-11-13(7-6-10-19-8-4-3-5-9-19)16(18(23)24)20-15(11)14(12(2)21)17(20)22/h3-9,11-12,14-15,21H,10H2,1-2H3/b7-6+/t11-,12+,14+,15+/m0/s1. The minimum atomic E-state index is -1.35. The Morgan fingerprint density at radius 1 is 1.42 bits per heavy atom. The molecule has 0 bridgehead atoms. The second kappa shape index (κ2) is 6.20. The van der Waals surface area contributed by atoms with Crippen molar-refractivity contribution in [2.45, 2.75) is 32.5 Å². The van der Waals surface area contributed by atoms with Crippen molar-refractivity contribution in [1.29, 1.82) is 0 Å². The lowest BCUT2D eigenvalue weighted by Crippen LogP contribution is -2.64. The average molecular weight is 328 g/mol. The molecule has 0 aliphatic carbocycles. The van der Waals surface area contributed by atoms with E-state index in [1.165, 1.54) is 4.90 Å². The molecule has 24 heavy (non-hydrogen) atoms. The molecule has 0 saturated carbocycles. The van der Waals surface area contributed by atoms with Crippen LogP contribution in [0.25, 0.3) is 0 Å². The van der Waals surface area contributed by atoms with E-state index in [1.54, 1.807) is 13.0 Å². The van der Waals surface area contributed by atoms with E-state index in [9.17, 15) is 19.8 Å². The number of allylic oxidation sites excluding steroid dienone is 2. The number of aliphatic hydroxyl groups is 1. The van der Waals surface area contributed by atoms with Crippen molar-refractivity contribution in [1.82, 2.24) is 4.90 Å². The number of carbonyl (C=O) groups is 2. The largest absolute Gasteiger partial charge is 0.543 e. The Hall–Kier alpha value is -2.47. The van der Waals surface area contributed by atoms with Crippen LogP contribution in [0.15, 0.2) is 54.0 Å². The summed E-state index contributed by atoms with van der Waals surface area (Å²) in [5.41, 5.74) is 0.511. The molecule has 1 saturated heterocycles. The van der Waals surface area contributed by atoms with Crippen LogP contribution in [0.4, 0.5) is 0 Å². The molecule has 1 fully saturated rings. The first-order valence-electron chi connectivity index (χ1n) is 8.00. The SMILES string of the molecule is C[C@@H](O)[C@H]1C(=O)N2C(C(=O)[O-])=C(/C=C/C[n+]3ccccc3)[C@H](C)[C@H]12. The van der Waals surface area contributed by atoms with Crippen LogP contribution in [0.1, 0.15) is 13.8 Å². The molecule has 1 aromatic heterocycles. The highest BCUT2D eigenvalue weighted by atomic mass is 16.4. The van der Waals surface area contributed by atoms with Crippen molar-refractivity contribution in [2.24, 2.45) is 11.8 Å². The Morgan fingerprint density at radius 3 is 2.67 bits per heavy atom. The third kappa shape index (κ3) is 2.53. The number of hydrogen-bond donors (Lipinski definition) is 1. The number of carboxylic acids is 1. The fourth-order valence-corrected chi connectivity index (χ4v) is 3.66. The van der Waals surface area contributed by atoms with E-state index in [0.717, 1.165) is 0 Å². The number of carboxylic acid groups (broad SMARTS) is 1. The normalized spacial score (nSPS) is 27.4. The smallest absolute Gasteiger partial charge is 0.235 e. The van der Waals surface area contributed by atoms with Crippen LogP contribution in [0.5, 0.6) is 0 Å². The molecule has 2 aliphatic heterocycles. The maximum absolute atomic E-state index is 12.2. The number of amides is 1. The zero-order chi connectivity index (χ0) is 17.4. The van der Waals surface area contributed by atoms with Gasteiger partial charge in [0, 0.05) is 18.1 Å². The highest BCUT2D eigenvalue weighted by Gasteiger charge is 2.58. The van der Waals surface area contributed by atoms with Gasteiger partial charge in [0.05, 0.1) is 29.7 Å². The second-order valence-electron chi connectivity index (χ2n) is 6.32. The van der Waals surface area contributed by atoms with Crippen molar-refractivity contribution >= 4 is 11.9 Å². The zero-order valence-electron chi connectivity index (χ0n) is 13.6. The topological polar surface area (TPSA) is 84.5 Å². The van der Waals surface area contributed by atoms with Gasteiger partial charge >= 0.3 is 0 Å². The van der Waals surface area contributed by atoms with Crippen LogP contribution in [0.2, 0.25) is 0 Å². The van der Waals surface area contributed by atoms with Crippen molar-refractivity contribution in [3.8, 4) is 0 Å². The predicted molar refractivity (Wildman–Crippen MR) is 82.8 cm³/mol. The van der Waals surface area contributed by atoms with Gasteiger partial charge in [0.2, 0.25) is 5.91 Å². The van der Waals surface area contributed by atoms with E-state index in [2.05, 4.69) is 0 Å². The van der Waals surface area contributed by atoms with E-state index >= 15 is 0 Å². The lowest BCUT2D eigenvalue weighted by atomic mass is 9.78. The van der Waals surface area contributed by atoms with E-state index in [4.69, 9.17) is 0 Å². The van der Waals surface area contributed by atoms with Gasteiger partial charge in [-0.1, -0.05) is 19.1 Å². The van der Waals surface area contributed by atoms with Gasteiger partial charge in [0.15, 0.2) is 18.9 Å². The lowest BCUT2D eigenvalue weighted by molar-refractivity contribution is -0.687. The Morgan fingerprint density at radius 2 is 2.08 bits per heavy atom. The van der Waals surface area contributed by atoms with E-state index in [0.29, 0.717) is 12.1 Å². The molecular formula is C18H20N2O4. The minimum Gasteiger partial charge on any atom is -0.543 e. The molecule has 3 heterocycles. The zero-order valence-corrected chi connectivity index (χ0v) is 13.6. The molecule has 0 unspecified atom stereocenters. The van der Waals surface area contributed by atoms with Crippen LogP contribution in [0.3, 0.4) is 0 Å². The first-order valence-corrected chi connectivity index (χ1v) is 8.00. The number of pyridine rings is 1. The van der Waals surface area contributed by atoms with E-state index in [1.807, 2.05) is 48.2 Å². The molecule has 6 nitrogen and oxygen atoms in total. The third-order valence-corrected chi connectivity index (χ3v) is 4.81. The number of nitrogens with zero attached hydrogens (tertiary/aromatic N) is 2. The number of hydrogen-bond acceptors (Lipinski definition) is 4. The van der Waals surface area contributed by atoms with Gasteiger partial charge in [-0.15, -0.1) is 0 Å². The van der Waals surface area contributed by atoms with Crippen LogP contribution in [0, 0.1) is 11.8 Å². The highest BCUT2D eigenvalue weighted by Crippen LogP contribution is 2.47. The lowest BCUT2D eigenvalue weighted by Gasteiger charge is -2.47. The molecular weight excluding hydrogens is 308 g/mol. The highest BCUT2D eigenvalue weighted by molar-refractivity contribution is 5.99. The molecule has 0 radical (unpaired) electrons. The molecule has 1 amide bonds. The molecule has 2 aliphatic rings. The van der Waals surface area contributed by atoms with Gasteiger partial charge in [0.1, 0.15) is 0 Å². The van der Waals surface area contributed by atoms with Gasteiger partial charge in [-0.2, -0.15) is 0 Å². The average Bonchev–Trinajstić information content (AvgIpc) is 2.78.